The summed E-state index contributed by atoms with van der Waals surface area (Å²) >= 11 is 0. The number of ether oxygens (including phenoxy) is 1. The van der Waals surface area contributed by atoms with Crippen LogP contribution in [0.5, 0.6) is 0 Å². The fraction of sp³-hybridized carbons (Fsp3) is 0.769. The molecule has 21 heavy (non-hydrogen) atoms. The van der Waals surface area contributed by atoms with Gasteiger partial charge in [-0.15, -0.1) is 0 Å². The van der Waals surface area contributed by atoms with E-state index in [4.69, 9.17) is 4.74 Å². The Hall–Kier alpha value is -0.960. The molecule has 1 rings (SSSR count). The van der Waals surface area contributed by atoms with E-state index in [-0.39, 0.29) is 11.4 Å². The van der Waals surface area contributed by atoms with Crippen LogP contribution in [-0.4, -0.2) is 50.5 Å². The second-order valence-electron chi connectivity index (χ2n) is 5.41. The first-order valence-corrected chi connectivity index (χ1v) is 8.60. The monoisotopic (exact) mass is 318 g/mol. The molecule has 122 valence electrons. The normalized spacial score (nSPS) is 12.8. The molecule has 0 saturated heterocycles. The summed E-state index contributed by atoms with van der Waals surface area (Å²) in [5.41, 5.74) is -0.537. The van der Waals surface area contributed by atoms with Gasteiger partial charge in [-0.3, -0.25) is 4.68 Å². The van der Waals surface area contributed by atoms with Crippen LogP contribution in [0, 0.1) is 0 Å². The number of rotatable bonds is 10. The van der Waals surface area contributed by atoms with Crippen molar-refractivity contribution in [2.45, 2.75) is 44.2 Å². The summed E-state index contributed by atoms with van der Waals surface area (Å²) in [4.78, 5) is 0.180. The zero-order chi connectivity index (χ0) is 15.9. The second kappa shape index (κ2) is 7.88. The van der Waals surface area contributed by atoms with E-state index in [2.05, 4.69) is 15.1 Å². The van der Waals surface area contributed by atoms with Crippen LogP contribution in [0.4, 0.5) is 0 Å². The Balaban J connectivity index is 2.62. The average molecular weight is 318 g/mol. The van der Waals surface area contributed by atoms with E-state index in [1.807, 2.05) is 27.8 Å². The van der Waals surface area contributed by atoms with Crippen LogP contribution >= 0.6 is 0 Å². The smallest absolute Gasteiger partial charge is 0.243 e. The first kappa shape index (κ1) is 18.1. The van der Waals surface area contributed by atoms with Gasteiger partial charge >= 0.3 is 0 Å². The van der Waals surface area contributed by atoms with Gasteiger partial charge in [0.25, 0.3) is 0 Å². The van der Waals surface area contributed by atoms with E-state index in [1.165, 1.54) is 6.20 Å². The molecule has 0 saturated carbocycles. The third kappa shape index (κ3) is 6.13. The second-order valence-corrected chi connectivity index (χ2v) is 7.18. The molecule has 0 aliphatic carbocycles. The minimum atomic E-state index is -3.55. The highest BCUT2D eigenvalue weighted by atomic mass is 32.2. The van der Waals surface area contributed by atoms with Crippen molar-refractivity contribution in [3.05, 3.63) is 12.4 Å². The first-order valence-electron chi connectivity index (χ1n) is 7.11. The Labute approximate surface area is 127 Å². The molecule has 0 spiro atoms. The molecular formula is C13H26N4O3S. The molecule has 0 fully saturated rings. The largest absolute Gasteiger partial charge is 0.375 e. The van der Waals surface area contributed by atoms with E-state index in [9.17, 15) is 8.42 Å². The van der Waals surface area contributed by atoms with Gasteiger partial charge in [-0.1, -0.05) is 0 Å². The fourth-order valence-electron chi connectivity index (χ4n) is 1.82. The van der Waals surface area contributed by atoms with Gasteiger partial charge in [0.2, 0.25) is 10.0 Å². The predicted molar refractivity (Wildman–Crippen MR) is 81.7 cm³/mol. The molecule has 0 unspecified atom stereocenters. The van der Waals surface area contributed by atoms with Crippen molar-refractivity contribution in [3.63, 3.8) is 0 Å². The Kier molecular flexibility index (Phi) is 6.79. The summed E-state index contributed by atoms with van der Waals surface area (Å²) in [6.45, 7) is 7.88. The molecule has 0 aliphatic rings. The van der Waals surface area contributed by atoms with Crippen LogP contribution in [-0.2, 0) is 21.3 Å². The minimum absolute atomic E-state index is 0.180. The van der Waals surface area contributed by atoms with E-state index in [1.54, 1.807) is 10.9 Å². The zero-order valence-corrected chi connectivity index (χ0v) is 14.0. The van der Waals surface area contributed by atoms with Crippen molar-refractivity contribution in [1.82, 2.24) is 19.8 Å². The van der Waals surface area contributed by atoms with Crippen LogP contribution in [0.25, 0.3) is 0 Å². The van der Waals surface area contributed by atoms with Gasteiger partial charge in [-0.25, -0.2) is 13.1 Å². The zero-order valence-electron chi connectivity index (χ0n) is 13.2. The van der Waals surface area contributed by atoms with Crippen molar-refractivity contribution in [2.75, 3.05) is 26.7 Å². The van der Waals surface area contributed by atoms with E-state index >= 15 is 0 Å². The third-order valence-corrected chi connectivity index (χ3v) is 4.31. The lowest BCUT2D eigenvalue weighted by Gasteiger charge is -2.24. The van der Waals surface area contributed by atoms with Gasteiger partial charge in [0.15, 0.2) is 0 Å². The van der Waals surface area contributed by atoms with Gasteiger partial charge in [0, 0.05) is 25.9 Å². The van der Waals surface area contributed by atoms with Crippen molar-refractivity contribution in [1.29, 1.82) is 0 Å². The maximum Gasteiger partial charge on any atom is 0.243 e. The molecule has 1 aromatic heterocycles. The lowest BCUT2D eigenvalue weighted by atomic mass is 10.1. The summed E-state index contributed by atoms with van der Waals surface area (Å²) in [5.74, 6) is 0. The first-order chi connectivity index (χ1) is 9.80. The van der Waals surface area contributed by atoms with Gasteiger partial charge in [0.05, 0.1) is 11.8 Å². The quantitative estimate of drug-likeness (QED) is 0.617. The molecule has 0 radical (unpaired) electrons. The topological polar surface area (TPSA) is 85.2 Å². The third-order valence-electron chi connectivity index (χ3n) is 2.96. The molecule has 1 aromatic rings. The van der Waals surface area contributed by atoms with Crippen LogP contribution in [0.3, 0.4) is 0 Å². The molecule has 1 heterocycles. The molecule has 0 atom stereocenters. The van der Waals surface area contributed by atoms with Gasteiger partial charge in [0.1, 0.15) is 4.90 Å². The number of nitrogens with zero attached hydrogens (tertiary/aromatic N) is 2. The van der Waals surface area contributed by atoms with E-state index in [0.29, 0.717) is 13.2 Å². The van der Waals surface area contributed by atoms with Crippen LogP contribution in [0.15, 0.2) is 17.3 Å². The Bertz CT molecular complexity index is 525. The van der Waals surface area contributed by atoms with Gasteiger partial charge in [-0.05, 0) is 40.8 Å². The fourth-order valence-corrected chi connectivity index (χ4v) is 2.97. The van der Waals surface area contributed by atoms with Crippen LogP contribution in [0.1, 0.15) is 27.2 Å². The maximum atomic E-state index is 12.2. The number of nitrogens with one attached hydrogen (secondary N) is 2. The molecule has 2 N–H and O–H groups in total. The van der Waals surface area contributed by atoms with Crippen LogP contribution in [0.2, 0.25) is 0 Å². The molecule has 7 nitrogen and oxygen atoms in total. The maximum absolute atomic E-state index is 12.2. The van der Waals surface area contributed by atoms with Crippen molar-refractivity contribution >= 4 is 10.0 Å². The standard InChI is InChI=1S/C13H26N4O3S/c1-5-20-13(2,3)11-16-21(18,19)12-9-15-17(10-12)8-6-7-14-4/h9-10,14,16H,5-8,11H2,1-4H3. The SMILES string of the molecule is CCOC(C)(C)CNS(=O)(=O)c1cnn(CCCNC)c1. The minimum Gasteiger partial charge on any atom is -0.375 e. The molecule has 0 aliphatic heterocycles. The summed E-state index contributed by atoms with van der Waals surface area (Å²) in [6.07, 6.45) is 3.81. The number of sulfonamides is 1. The van der Waals surface area contributed by atoms with E-state index < -0.39 is 15.6 Å². The Morgan fingerprint density at radius 1 is 1.43 bits per heavy atom. The lowest BCUT2D eigenvalue weighted by Crippen LogP contribution is -2.40. The number of aromatic nitrogens is 2. The highest BCUT2D eigenvalue weighted by Crippen LogP contribution is 2.11. The summed E-state index contributed by atoms with van der Waals surface area (Å²) in [6, 6.07) is 0. The molecule has 0 amide bonds. The molecule has 8 heteroatoms. The van der Waals surface area contributed by atoms with Gasteiger partial charge < -0.3 is 10.1 Å². The highest BCUT2D eigenvalue weighted by molar-refractivity contribution is 7.89. The predicted octanol–water partition coefficient (Wildman–Crippen LogP) is 0.586. The average Bonchev–Trinajstić information content (AvgIpc) is 2.87. The molecule has 0 aromatic carbocycles. The summed E-state index contributed by atoms with van der Waals surface area (Å²) < 4.78 is 34.1. The van der Waals surface area contributed by atoms with E-state index in [0.717, 1.165) is 13.0 Å². The summed E-state index contributed by atoms with van der Waals surface area (Å²) in [5, 5.41) is 7.11. The van der Waals surface area contributed by atoms with Crippen LogP contribution < -0.4 is 10.0 Å². The lowest BCUT2D eigenvalue weighted by molar-refractivity contribution is -0.00515. The molecular weight excluding hydrogens is 292 g/mol. The molecule has 0 bridgehead atoms. The van der Waals surface area contributed by atoms with Gasteiger partial charge in [-0.2, -0.15) is 5.10 Å². The number of aryl methyl sites for hydroxylation is 1. The van der Waals surface area contributed by atoms with Crippen molar-refractivity contribution in [3.8, 4) is 0 Å². The number of hydrogen-bond donors (Lipinski definition) is 2. The Morgan fingerprint density at radius 2 is 2.14 bits per heavy atom. The highest BCUT2D eigenvalue weighted by Gasteiger charge is 2.23. The number of hydrogen-bond acceptors (Lipinski definition) is 5. The summed E-state index contributed by atoms with van der Waals surface area (Å²) in [7, 11) is -1.67. The van der Waals surface area contributed by atoms with Crippen molar-refractivity contribution in [2.24, 2.45) is 0 Å². The van der Waals surface area contributed by atoms with Crippen molar-refractivity contribution < 1.29 is 13.2 Å². The Morgan fingerprint density at radius 3 is 2.76 bits per heavy atom.